The van der Waals surface area contributed by atoms with Crippen molar-refractivity contribution in [2.75, 3.05) is 6.54 Å². The molecule has 0 amide bonds. The lowest BCUT2D eigenvalue weighted by Crippen LogP contribution is -2.47. The van der Waals surface area contributed by atoms with E-state index in [9.17, 15) is 8.78 Å². The van der Waals surface area contributed by atoms with Gasteiger partial charge in [0.1, 0.15) is 11.6 Å². The summed E-state index contributed by atoms with van der Waals surface area (Å²) in [6, 6.07) is 3.55. The molecule has 0 aromatic heterocycles. The molecule has 104 valence electrons. The van der Waals surface area contributed by atoms with Gasteiger partial charge in [-0.3, -0.25) is 4.90 Å². The molecule has 0 aliphatic carbocycles. The average Bonchev–Trinajstić information content (AvgIpc) is 2.42. The second kappa shape index (κ2) is 5.97. The molecule has 0 radical (unpaired) electrons. The number of hydrogen-bond acceptors (Lipinski definition) is 3. The Bertz CT molecular complexity index is 459. The predicted octanol–water partition coefficient (Wildman–Crippen LogP) is 2.07. The summed E-state index contributed by atoms with van der Waals surface area (Å²) in [5, 5.41) is 11.8. The summed E-state index contributed by atoms with van der Waals surface area (Å²) >= 11 is 0. The fourth-order valence-corrected chi connectivity index (χ4v) is 2.47. The van der Waals surface area contributed by atoms with Crippen molar-refractivity contribution in [3.63, 3.8) is 0 Å². The first kappa shape index (κ1) is 13.7. The molecule has 1 atom stereocenters. The quantitative estimate of drug-likeness (QED) is 0.382. The van der Waals surface area contributed by atoms with Crippen LogP contribution in [-0.4, -0.2) is 28.5 Å². The van der Waals surface area contributed by atoms with Gasteiger partial charge in [0.25, 0.3) is 0 Å². The van der Waals surface area contributed by atoms with Crippen LogP contribution in [0.3, 0.4) is 0 Å². The van der Waals surface area contributed by atoms with Crippen LogP contribution in [0.4, 0.5) is 8.78 Å². The molecule has 1 aliphatic heterocycles. The first-order valence-corrected chi connectivity index (χ1v) is 6.28. The zero-order chi connectivity index (χ0) is 13.8. The number of rotatable bonds is 3. The first-order chi connectivity index (χ1) is 9.13. The first-order valence-electron chi connectivity index (χ1n) is 6.28. The summed E-state index contributed by atoms with van der Waals surface area (Å²) in [6.45, 7) is 0.800. The Morgan fingerprint density at radius 1 is 1.37 bits per heavy atom. The van der Waals surface area contributed by atoms with Crippen molar-refractivity contribution >= 4 is 5.84 Å². The minimum absolute atomic E-state index is 0.0279. The number of halogens is 2. The third kappa shape index (κ3) is 3.01. The molecule has 0 spiro atoms. The van der Waals surface area contributed by atoms with Gasteiger partial charge in [-0.25, -0.2) is 8.78 Å². The summed E-state index contributed by atoms with van der Waals surface area (Å²) in [7, 11) is 0. The van der Waals surface area contributed by atoms with E-state index in [0.717, 1.165) is 19.3 Å². The van der Waals surface area contributed by atoms with Gasteiger partial charge in [0, 0.05) is 12.1 Å². The van der Waals surface area contributed by atoms with E-state index in [1.807, 2.05) is 4.90 Å². The highest BCUT2D eigenvalue weighted by Crippen LogP contribution is 2.22. The molecular weight excluding hydrogens is 252 g/mol. The SMILES string of the molecule is N/C(=N/O)C1CCCCN1Cc1c(F)cccc1F. The Kier molecular flexibility index (Phi) is 4.31. The molecule has 1 aliphatic rings. The normalized spacial score (nSPS) is 21.6. The Morgan fingerprint density at radius 2 is 2.05 bits per heavy atom. The van der Waals surface area contributed by atoms with E-state index in [1.165, 1.54) is 18.2 Å². The van der Waals surface area contributed by atoms with Crippen LogP contribution in [-0.2, 0) is 6.54 Å². The van der Waals surface area contributed by atoms with Crippen LogP contribution in [0.1, 0.15) is 24.8 Å². The van der Waals surface area contributed by atoms with Crippen molar-refractivity contribution < 1.29 is 14.0 Å². The van der Waals surface area contributed by atoms with Crippen LogP contribution in [0.2, 0.25) is 0 Å². The molecule has 3 N–H and O–H groups in total. The average molecular weight is 269 g/mol. The number of oxime groups is 1. The maximum atomic E-state index is 13.6. The molecule has 1 unspecified atom stereocenters. The van der Waals surface area contributed by atoms with Gasteiger partial charge in [-0.1, -0.05) is 17.6 Å². The second-order valence-electron chi connectivity index (χ2n) is 4.71. The Labute approximate surface area is 110 Å². The molecular formula is C13H17F2N3O. The van der Waals surface area contributed by atoms with Crippen molar-refractivity contribution in [1.29, 1.82) is 0 Å². The highest BCUT2D eigenvalue weighted by atomic mass is 19.1. The number of likely N-dealkylation sites (tertiary alicyclic amines) is 1. The molecule has 2 rings (SSSR count). The fraction of sp³-hybridized carbons (Fsp3) is 0.462. The lowest BCUT2D eigenvalue weighted by atomic mass is 10.00. The largest absolute Gasteiger partial charge is 0.409 e. The predicted molar refractivity (Wildman–Crippen MR) is 67.8 cm³/mol. The van der Waals surface area contributed by atoms with Gasteiger partial charge in [-0.2, -0.15) is 0 Å². The van der Waals surface area contributed by atoms with Crippen LogP contribution in [0.25, 0.3) is 0 Å². The van der Waals surface area contributed by atoms with E-state index in [0.29, 0.717) is 6.54 Å². The van der Waals surface area contributed by atoms with Crippen LogP contribution in [0.5, 0.6) is 0 Å². The zero-order valence-electron chi connectivity index (χ0n) is 10.5. The molecule has 0 saturated carbocycles. The summed E-state index contributed by atoms with van der Waals surface area (Å²) in [4.78, 5) is 1.85. The van der Waals surface area contributed by atoms with Crippen molar-refractivity contribution in [1.82, 2.24) is 4.90 Å². The number of amidine groups is 1. The molecule has 1 aromatic carbocycles. The molecule has 4 nitrogen and oxygen atoms in total. The maximum absolute atomic E-state index is 13.6. The van der Waals surface area contributed by atoms with Gasteiger partial charge in [-0.05, 0) is 31.5 Å². The van der Waals surface area contributed by atoms with Crippen molar-refractivity contribution in [3.05, 3.63) is 35.4 Å². The number of nitrogens with two attached hydrogens (primary N) is 1. The smallest absolute Gasteiger partial charge is 0.156 e. The van der Waals surface area contributed by atoms with Gasteiger partial charge in [0.2, 0.25) is 0 Å². The van der Waals surface area contributed by atoms with Crippen molar-refractivity contribution in [3.8, 4) is 0 Å². The maximum Gasteiger partial charge on any atom is 0.156 e. The van der Waals surface area contributed by atoms with Crippen molar-refractivity contribution in [2.45, 2.75) is 31.8 Å². The van der Waals surface area contributed by atoms with Gasteiger partial charge >= 0.3 is 0 Å². The molecule has 0 bridgehead atoms. The molecule has 1 fully saturated rings. The molecule has 1 heterocycles. The van der Waals surface area contributed by atoms with Gasteiger partial charge in [-0.15, -0.1) is 0 Å². The standard InChI is InChI=1S/C13H17F2N3O/c14-10-4-3-5-11(15)9(10)8-18-7-2-1-6-12(18)13(16)17-19/h3-5,12,19H,1-2,6-8H2,(H2,16,17). The number of nitrogens with zero attached hydrogens (tertiary/aromatic N) is 2. The van der Waals surface area contributed by atoms with E-state index < -0.39 is 11.6 Å². The van der Waals surface area contributed by atoms with E-state index in [1.54, 1.807) is 0 Å². The van der Waals surface area contributed by atoms with Gasteiger partial charge in [0.05, 0.1) is 6.04 Å². The number of benzene rings is 1. The Balaban J connectivity index is 2.20. The minimum atomic E-state index is -0.566. The lowest BCUT2D eigenvalue weighted by molar-refractivity contribution is 0.174. The topological polar surface area (TPSA) is 61.9 Å². The molecule has 19 heavy (non-hydrogen) atoms. The molecule has 1 aromatic rings. The number of hydrogen-bond donors (Lipinski definition) is 2. The van der Waals surface area contributed by atoms with Gasteiger partial charge in [0.15, 0.2) is 5.84 Å². The van der Waals surface area contributed by atoms with E-state index >= 15 is 0 Å². The van der Waals surface area contributed by atoms with Crippen molar-refractivity contribution in [2.24, 2.45) is 10.9 Å². The number of piperidine rings is 1. The molecule has 6 heteroatoms. The fourth-order valence-electron chi connectivity index (χ4n) is 2.47. The second-order valence-corrected chi connectivity index (χ2v) is 4.71. The van der Waals surface area contributed by atoms with Crippen LogP contribution < -0.4 is 5.73 Å². The van der Waals surface area contributed by atoms with E-state index in [4.69, 9.17) is 10.9 Å². The molecule has 1 saturated heterocycles. The summed E-state index contributed by atoms with van der Waals surface area (Å²) in [6.07, 6.45) is 2.62. The van der Waals surface area contributed by atoms with Gasteiger partial charge < -0.3 is 10.9 Å². The lowest BCUT2D eigenvalue weighted by Gasteiger charge is -2.34. The van der Waals surface area contributed by atoms with Crippen LogP contribution >= 0.6 is 0 Å². The summed E-state index contributed by atoms with van der Waals surface area (Å²) < 4.78 is 27.3. The highest BCUT2D eigenvalue weighted by Gasteiger charge is 2.27. The third-order valence-electron chi connectivity index (χ3n) is 3.49. The highest BCUT2D eigenvalue weighted by molar-refractivity contribution is 5.85. The summed E-state index contributed by atoms with van der Waals surface area (Å²) in [5.41, 5.74) is 5.67. The van der Waals surface area contributed by atoms with E-state index in [-0.39, 0.29) is 24.0 Å². The summed E-state index contributed by atoms with van der Waals surface area (Å²) in [5.74, 6) is -1.04. The monoisotopic (exact) mass is 269 g/mol. The Hall–Kier alpha value is -1.69. The third-order valence-corrected chi connectivity index (χ3v) is 3.49. The van der Waals surface area contributed by atoms with Crippen LogP contribution in [0, 0.1) is 11.6 Å². The Morgan fingerprint density at radius 3 is 2.68 bits per heavy atom. The zero-order valence-corrected chi connectivity index (χ0v) is 10.5. The van der Waals surface area contributed by atoms with Crippen LogP contribution in [0.15, 0.2) is 23.4 Å². The minimum Gasteiger partial charge on any atom is -0.409 e. The van der Waals surface area contributed by atoms with E-state index in [2.05, 4.69) is 5.16 Å².